The molecule has 0 aliphatic rings. The molecule has 0 fully saturated rings. The Labute approximate surface area is 105 Å². The number of likely N-dealkylation sites (N-methyl/N-ethyl adjacent to an activating group) is 1. The van der Waals surface area contributed by atoms with Crippen LogP contribution in [0, 0.1) is 6.92 Å². The highest BCUT2D eigenvalue weighted by Gasteiger charge is 2.10. The number of hydrogen-bond acceptors (Lipinski definition) is 5. The van der Waals surface area contributed by atoms with Crippen molar-refractivity contribution < 1.29 is 5.11 Å². The van der Waals surface area contributed by atoms with E-state index in [9.17, 15) is 9.90 Å². The molecule has 0 radical (unpaired) electrons. The molecule has 1 aromatic heterocycles. The van der Waals surface area contributed by atoms with Crippen LogP contribution in [0.3, 0.4) is 0 Å². The minimum atomic E-state index is -0.553. The van der Waals surface area contributed by atoms with Crippen LogP contribution in [0.15, 0.2) is 4.79 Å². The van der Waals surface area contributed by atoms with Crippen LogP contribution in [-0.4, -0.2) is 53.3 Å². The van der Waals surface area contributed by atoms with E-state index in [0.717, 1.165) is 0 Å². The Morgan fingerprint density at radius 3 is 2.82 bits per heavy atom. The highest BCUT2D eigenvalue weighted by atomic mass is 35.5. The molecule has 6 nitrogen and oxygen atoms in total. The Bertz CT molecular complexity index is 433. The van der Waals surface area contributed by atoms with Crippen LogP contribution in [0.25, 0.3) is 0 Å². The summed E-state index contributed by atoms with van der Waals surface area (Å²) in [4.78, 5) is 19.8. The second-order valence-corrected chi connectivity index (χ2v) is 4.49. The third-order valence-corrected chi connectivity index (χ3v) is 2.41. The number of rotatable bonds is 5. The van der Waals surface area contributed by atoms with Crippen molar-refractivity contribution in [3.8, 4) is 0 Å². The molecule has 96 valence electrons. The fourth-order valence-electron chi connectivity index (χ4n) is 1.39. The summed E-state index contributed by atoms with van der Waals surface area (Å²) in [6, 6.07) is 0. The topological polar surface area (TPSA) is 81.2 Å². The molecular formula is C10H17ClN4O2. The number of aromatic nitrogens is 2. The van der Waals surface area contributed by atoms with Gasteiger partial charge in [-0.25, -0.2) is 4.98 Å². The Morgan fingerprint density at radius 2 is 2.24 bits per heavy atom. The fourth-order valence-corrected chi connectivity index (χ4v) is 1.55. The second-order valence-electron chi connectivity index (χ2n) is 4.11. The van der Waals surface area contributed by atoms with Crippen molar-refractivity contribution in [2.24, 2.45) is 0 Å². The van der Waals surface area contributed by atoms with E-state index < -0.39 is 6.10 Å². The van der Waals surface area contributed by atoms with Gasteiger partial charge in [0.2, 0.25) is 0 Å². The molecule has 1 aromatic rings. The molecule has 0 spiro atoms. The Kier molecular flexibility index (Phi) is 4.92. The zero-order chi connectivity index (χ0) is 13.0. The van der Waals surface area contributed by atoms with E-state index in [4.69, 9.17) is 11.6 Å². The third-order valence-electron chi connectivity index (χ3n) is 2.06. The predicted octanol–water partition coefficient (Wildman–Crippen LogP) is 0.0661. The first-order chi connectivity index (χ1) is 7.90. The van der Waals surface area contributed by atoms with Crippen LogP contribution in [-0.2, 0) is 0 Å². The van der Waals surface area contributed by atoms with Gasteiger partial charge in [0.05, 0.1) is 6.10 Å². The number of aliphatic hydroxyl groups is 1. The molecule has 0 aromatic carbocycles. The van der Waals surface area contributed by atoms with Gasteiger partial charge in [0, 0.05) is 13.1 Å². The lowest BCUT2D eigenvalue weighted by atomic mass is 10.3. The molecule has 1 heterocycles. The number of aryl methyl sites for hydroxylation is 1. The summed E-state index contributed by atoms with van der Waals surface area (Å²) in [5.74, 6) is 0.773. The van der Waals surface area contributed by atoms with Crippen LogP contribution >= 0.6 is 11.6 Å². The number of anilines is 1. The molecule has 1 atom stereocenters. The number of aliphatic hydroxyl groups excluding tert-OH is 1. The normalized spacial score (nSPS) is 12.8. The maximum absolute atomic E-state index is 11.3. The number of aromatic amines is 1. The van der Waals surface area contributed by atoms with Gasteiger partial charge in [0.15, 0.2) is 5.82 Å². The van der Waals surface area contributed by atoms with Crippen molar-refractivity contribution in [3.05, 3.63) is 21.2 Å². The number of halogens is 1. The standard InChI is InChI=1S/C10H17ClN4O2/c1-6-13-9(8(11)10(17)14-6)12-4-7(16)5-15(2)3/h7,16H,4-5H2,1-3H3,(H2,12,13,14,17)/t7-/m0/s1. The summed E-state index contributed by atoms with van der Waals surface area (Å²) < 4.78 is 0. The van der Waals surface area contributed by atoms with Crippen molar-refractivity contribution in [3.63, 3.8) is 0 Å². The summed E-state index contributed by atoms with van der Waals surface area (Å²) in [5, 5.41) is 12.5. The molecule has 0 saturated heterocycles. The predicted molar refractivity (Wildman–Crippen MR) is 67.7 cm³/mol. The molecule has 7 heteroatoms. The second kappa shape index (κ2) is 6.00. The quantitative estimate of drug-likeness (QED) is 0.698. The van der Waals surface area contributed by atoms with Crippen molar-refractivity contribution in [1.82, 2.24) is 14.9 Å². The molecule has 3 N–H and O–H groups in total. The lowest BCUT2D eigenvalue weighted by molar-refractivity contribution is 0.148. The largest absolute Gasteiger partial charge is 0.390 e. The first-order valence-electron chi connectivity index (χ1n) is 5.23. The Balaban J connectivity index is 2.66. The van der Waals surface area contributed by atoms with Crippen molar-refractivity contribution >= 4 is 17.4 Å². The summed E-state index contributed by atoms with van der Waals surface area (Å²) in [5.41, 5.74) is -0.385. The maximum atomic E-state index is 11.3. The van der Waals surface area contributed by atoms with Crippen molar-refractivity contribution in [1.29, 1.82) is 0 Å². The van der Waals surface area contributed by atoms with Gasteiger partial charge in [-0.1, -0.05) is 11.6 Å². The highest BCUT2D eigenvalue weighted by Crippen LogP contribution is 2.13. The lowest BCUT2D eigenvalue weighted by Crippen LogP contribution is -2.32. The Morgan fingerprint density at radius 1 is 1.59 bits per heavy atom. The number of H-pyrrole nitrogens is 1. The van der Waals surface area contributed by atoms with Crippen LogP contribution in [0.4, 0.5) is 5.82 Å². The summed E-state index contributed by atoms with van der Waals surface area (Å²) >= 11 is 5.79. The van der Waals surface area contributed by atoms with Crippen LogP contribution in [0.1, 0.15) is 5.82 Å². The number of hydrogen-bond donors (Lipinski definition) is 3. The van der Waals surface area contributed by atoms with E-state index in [1.807, 2.05) is 19.0 Å². The van der Waals surface area contributed by atoms with Crippen LogP contribution in [0.2, 0.25) is 5.02 Å². The van der Waals surface area contributed by atoms with E-state index in [1.165, 1.54) is 0 Å². The summed E-state index contributed by atoms with van der Waals surface area (Å²) in [7, 11) is 3.73. The average molecular weight is 261 g/mol. The summed E-state index contributed by atoms with van der Waals surface area (Å²) in [6.45, 7) is 2.47. The zero-order valence-corrected chi connectivity index (χ0v) is 10.9. The molecule has 17 heavy (non-hydrogen) atoms. The van der Waals surface area contributed by atoms with Gasteiger partial charge in [-0.15, -0.1) is 0 Å². The van der Waals surface area contributed by atoms with E-state index in [-0.39, 0.29) is 17.1 Å². The highest BCUT2D eigenvalue weighted by molar-refractivity contribution is 6.32. The minimum Gasteiger partial charge on any atom is -0.390 e. The first-order valence-corrected chi connectivity index (χ1v) is 5.61. The maximum Gasteiger partial charge on any atom is 0.271 e. The number of nitrogens with one attached hydrogen (secondary N) is 2. The molecular weight excluding hydrogens is 244 g/mol. The smallest absolute Gasteiger partial charge is 0.271 e. The molecule has 1 rings (SSSR count). The molecule has 0 unspecified atom stereocenters. The van der Waals surface area contributed by atoms with Crippen LogP contribution < -0.4 is 10.9 Å². The fraction of sp³-hybridized carbons (Fsp3) is 0.600. The average Bonchev–Trinajstić information content (AvgIpc) is 2.20. The van der Waals surface area contributed by atoms with E-state index in [0.29, 0.717) is 18.2 Å². The lowest BCUT2D eigenvalue weighted by Gasteiger charge is -2.17. The van der Waals surface area contributed by atoms with E-state index >= 15 is 0 Å². The third kappa shape index (κ3) is 4.33. The van der Waals surface area contributed by atoms with E-state index in [1.54, 1.807) is 6.92 Å². The van der Waals surface area contributed by atoms with Gasteiger partial charge in [0.25, 0.3) is 5.56 Å². The molecule has 0 aliphatic heterocycles. The SMILES string of the molecule is Cc1nc(NC[C@H](O)CN(C)C)c(Cl)c(=O)[nH]1. The molecule has 0 aliphatic carbocycles. The Hall–Kier alpha value is -1.11. The van der Waals surface area contributed by atoms with E-state index in [2.05, 4.69) is 15.3 Å². The molecule has 0 amide bonds. The van der Waals surface area contributed by atoms with Gasteiger partial charge in [-0.05, 0) is 21.0 Å². The van der Waals surface area contributed by atoms with Gasteiger partial charge in [0.1, 0.15) is 10.8 Å². The molecule has 0 saturated carbocycles. The van der Waals surface area contributed by atoms with Gasteiger partial charge in [-0.2, -0.15) is 0 Å². The number of nitrogens with zero attached hydrogens (tertiary/aromatic N) is 2. The molecule has 0 bridgehead atoms. The van der Waals surface area contributed by atoms with Crippen molar-refractivity contribution in [2.75, 3.05) is 32.5 Å². The van der Waals surface area contributed by atoms with Crippen LogP contribution in [0.5, 0.6) is 0 Å². The zero-order valence-electron chi connectivity index (χ0n) is 10.1. The van der Waals surface area contributed by atoms with Gasteiger partial charge < -0.3 is 20.3 Å². The minimum absolute atomic E-state index is 0.00709. The van der Waals surface area contributed by atoms with Gasteiger partial charge in [-0.3, -0.25) is 4.79 Å². The monoisotopic (exact) mass is 260 g/mol. The van der Waals surface area contributed by atoms with Crippen molar-refractivity contribution in [2.45, 2.75) is 13.0 Å². The summed E-state index contributed by atoms with van der Waals surface area (Å²) in [6.07, 6.45) is -0.553. The first kappa shape index (κ1) is 14.0. The van der Waals surface area contributed by atoms with Gasteiger partial charge >= 0.3 is 0 Å².